The third-order valence-electron chi connectivity index (χ3n) is 4.51. The van der Waals surface area contributed by atoms with Gasteiger partial charge in [0.1, 0.15) is 0 Å². The Hall–Kier alpha value is -1.12. The van der Waals surface area contributed by atoms with Gasteiger partial charge in [-0.2, -0.15) is 0 Å². The van der Waals surface area contributed by atoms with E-state index in [0.29, 0.717) is 0 Å². The molecule has 146 valence electrons. The molecule has 0 atom stereocenters. The summed E-state index contributed by atoms with van der Waals surface area (Å²) in [5.41, 5.74) is 0. The second kappa shape index (κ2) is 20.9. The number of nitrogens with zero attached hydrogens (tertiary/aromatic N) is 1. The van der Waals surface area contributed by atoms with Crippen molar-refractivity contribution >= 4 is 12.2 Å². The van der Waals surface area contributed by atoms with Gasteiger partial charge in [-0.15, -0.1) is 0 Å². The quantitative estimate of drug-likeness (QED) is 0.151. The van der Waals surface area contributed by atoms with Crippen LogP contribution < -0.4 is 0 Å². The van der Waals surface area contributed by atoms with Gasteiger partial charge in [-0.05, 0) is 12.8 Å². The van der Waals surface area contributed by atoms with Crippen molar-refractivity contribution in [3.05, 3.63) is 12.3 Å². The van der Waals surface area contributed by atoms with E-state index < -0.39 is 0 Å². The molecule has 0 spiro atoms. The normalized spacial score (nSPS) is 11.6. The predicted molar refractivity (Wildman–Crippen MR) is 109 cm³/mol. The van der Waals surface area contributed by atoms with Gasteiger partial charge in [-0.25, -0.2) is 0 Å². The fraction of sp³-hybridized carbons (Fsp3) is 0.818. The van der Waals surface area contributed by atoms with Crippen LogP contribution in [0.1, 0.15) is 110 Å². The lowest BCUT2D eigenvalue weighted by Gasteiger charge is -2.02. The van der Waals surface area contributed by atoms with Crippen LogP contribution >= 0.6 is 0 Å². The van der Waals surface area contributed by atoms with E-state index in [2.05, 4.69) is 22.7 Å². The van der Waals surface area contributed by atoms with Crippen molar-refractivity contribution in [2.75, 3.05) is 7.11 Å². The summed E-state index contributed by atoms with van der Waals surface area (Å²) in [5.74, 6) is -0.246. The number of methoxy groups -OCH3 is 1. The van der Waals surface area contributed by atoms with E-state index in [1.807, 2.05) is 0 Å². The van der Waals surface area contributed by atoms with Gasteiger partial charge in [0.15, 0.2) is 0 Å². The minimum Gasteiger partial charge on any atom is -0.469 e. The number of carbonyl (C=O) groups excluding carboxylic acids is 1. The van der Waals surface area contributed by atoms with E-state index in [4.69, 9.17) is 0 Å². The number of allylic oxidation sites excluding steroid dienone is 1. The van der Waals surface area contributed by atoms with Gasteiger partial charge in [0, 0.05) is 12.4 Å². The summed E-state index contributed by atoms with van der Waals surface area (Å²) in [4.78, 5) is 14.9. The second-order valence-electron chi connectivity index (χ2n) is 6.88. The van der Waals surface area contributed by atoms with Crippen LogP contribution in [-0.4, -0.2) is 19.3 Å². The number of aliphatic imine (C=N–C) groups is 1. The fourth-order valence-electron chi connectivity index (χ4n) is 2.86. The summed E-state index contributed by atoms with van der Waals surface area (Å²) >= 11 is 0. The van der Waals surface area contributed by atoms with E-state index in [1.165, 1.54) is 97.0 Å². The Morgan fingerprint density at radius 3 is 1.76 bits per heavy atom. The topological polar surface area (TPSA) is 38.7 Å². The van der Waals surface area contributed by atoms with Gasteiger partial charge < -0.3 is 4.74 Å². The number of hydrogen-bond acceptors (Lipinski definition) is 3. The maximum atomic E-state index is 10.9. The Morgan fingerprint density at radius 1 is 0.800 bits per heavy atom. The first-order valence-corrected chi connectivity index (χ1v) is 10.5. The number of hydrogen-bond donors (Lipinski definition) is 0. The molecule has 0 N–H and O–H groups in total. The molecule has 0 aliphatic rings. The molecule has 0 aromatic heterocycles. The standard InChI is InChI=1S/C22H41NO2/c1-3-4-5-6-7-8-9-10-11-12-13-14-15-16-17-18-20-23-21-19-22(24)25-2/h18,20-21H,3-17,19H2,1-2H3. The molecule has 0 aliphatic carbocycles. The van der Waals surface area contributed by atoms with Gasteiger partial charge in [0.25, 0.3) is 0 Å². The van der Waals surface area contributed by atoms with E-state index in [-0.39, 0.29) is 12.4 Å². The van der Waals surface area contributed by atoms with Gasteiger partial charge in [-0.3, -0.25) is 9.79 Å². The highest BCUT2D eigenvalue weighted by atomic mass is 16.5. The first-order chi connectivity index (χ1) is 12.3. The first kappa shape index (κ1) is 23.9. The van der Waals surface area contributed by atoms with E-state index >= 15 is 0 Å². The van der Waals surface area contributed by atoms with Gasteiger partial charge in [0.2, 0.25) is 0 Å². The van der Waals surface area contributed by atoms with Crippen LogP contribution in [0.5, 0.6) is 0 Å². The SMILES string of the molecule is CCCCCCCCCCCCCCCCC=CN=CCC(=O)OC. The highest BCUT2D eigenvalue weighted by Gasteiger charge is 1.94. The highest BCUT2D eigenvalue weighted by molar-refractivity contribution is 5.85. The summed E-state index contributed by atoms with van der Waals surface area (Å²) in [6.07, 6.45) is 26.3. The average Bonchev–Trinajstić information content (AvgIpc) is 2.63. The molecule has 0 aromatic rings. The Bertz CT molecular complexity index is 337. The monoisotopic (exact) mass is 351 g/mol. The summed E-state index contributed by atoms with van der Waals surface area (Å²) in [7, 11) is 1.39. The molecule has 0 amide bonds. The van der Waals surface area contributed by atoms with Crippen LogP contribution in [0.15, 0.2) is 17.3 Å². The molecule has 0 fully saturated rings. The molecular formula is C22H41NO2. The van der Waals surface area contributed by atoms with Crippen LogP contribution in [0.25, 0.3) is 0 Å². The molecule has 0 bridgehead atoms. The van der Waals surface area contributed by atoms with Crippen molar-refractivity contribution < 1.29 is 9.53 Å². The lowest BCUT2D eigenvalue weighted by molar-refractivity contribution is -0.139. The van der Waals surface area contributed by atoms with Crippen molar-refractivity contribution in [2.24, 2.45) is 4.99 Å². The molecule has 3 heteroatoms. The Labute approximate surface area is 156 Å². The largest absolute Gasteiger partial charge is 0.469 e. The van der Waals surface area contributed by atoms with Crippen LogP contribution in [0.2, 0.25) is 0 Å². The molecular weight excluding hydrogens is 310 g/mol. The summed E-state index contributed by atoms with van der Waals surface area (Å²) in [6.45, 7) is 2.28. The minimum absolute atomic E-state index is 0.246. The van der Waals surface area contributed by atoms with Crippen molar-refractivity contribution in [1.82, 2.24) is 0 Å². The molecule has 0 aliphatic heterocycles. The number of esters is 1. The van der Waals surface area contributed by atoms with Crippen LogP contribution in [0, 0.1) is 0 Å². The van der Waals surface area contributed by atoms with E-state index in [9.17, 15) is 4.79 Å². The third kappa shape index (κ3) is 20.8. The summed E-state index contributed by atoms with van der Waals surface area (Å²) in [5, 5.41) is 0. The molecule has 0 unspecified atom stereocenters. The van der Waals surface area contributed by atoms with Crippen molar-refractivity contribution in [2.45, 2.75) is 110 Å². The van der Waals surface area contributed by atoms with Crippen molar-refractivity contribution in [3.63, 3.8) is 0 Å². The number of carbonyl (C=O) groups is 1. The van der Waals surface area contributed by atoms with E-state index in [0.717, 1.165) is 6.42 Å². The average molecular weight is 352 g/mol. The number of ether oxygens (including phenoxy) is 1. The molecule has 25 heavy (non-hydrogen) atoms. The molecule has 0 radical (unpaired) electrons. The maximum Gasteiger partial charge on any atom is 0.310 e. The second-order valence-corrected chi connectivity index (χ2v) is 6.88. The number of unbranched alkanes of at least 4 members (excludes halogenated alkanes) is 14. The lowest BCUT2D eigenvalue weighted by atomic mass is 10.0. The van der Waals surface area contributed by atoms with Crippen molar-refractivity contribution in [1.29, 1.82) is 0 Å². The fourth-order valence-corrected chi connectivity index (χ4v) is 2.86. The lowest BCUT2D eigenvalue weighted by Crippen LogP contribution is -1.99. The van der Waals surface area contributed by atoms with Crippen molar-refractivity contribution in [3.8, 4) is 0 Å². The third-order valence-corrected chi connectivity index (χ3v) is 4.51. The summed E-state index contributed by atoms with van der Waals surface area (Å²) < 4.78 is 4.53. The maximum absolute atomic E-state index is 10.9. The van der Waals surface area contributed by atoms with Crippen LogP contribution in [0.4, 0.5) is 0 Å². The van der Waals surface area contributed by atoms with Gasteiger partial charge in [0.05, 0.1) is 13.5 Å². The summed E-state index contributed by atoms with van der Waals surface area (Å²) in [6, 6.07) is 0. The molecule has 0 saturated carbocycles. The zero-order chi connectivity index (χ0) is 18.4. The molecule has 0 saturated heterocycles. The van der Waals surface area contributed by atoms with Crippen LogP contribution in [0.3, 0.4) is 0 Å². The zero-order valence-electron chi connectivity index (χ0n) is 16.8. The molecule has 0 aromatic carbocycles. The van der Waals surface area contributed by atoms with Crippen LogP contribution in [-0.2, 0) is 9.53 Å². The van der Waals surface area contributed by atoms with E-state index in [1.54, 1.807) is 12.4 Å². The predicted octanol–water partition coefficient (Wildman–Crippen LogP) is 7.01. The Morgan fingerprint density at radius 2 is 1.28 bits per heavy atom. The number of rotatable bonds is 18. The smallest absolute Gasteiger partial charge is 0.310 e. The Kier molecular flexibility index (Phi) is 20.0. The van der Waals surface area contributed by atoms with Gasteiger partial charge >= 0.3 is 5.97 Å². The molecule has 0 heterocycles. The first-order valence-electron chi connectivity index (χ1n) is 10.5. The van der Waals surface area contributed by atoms with Gasteiger partial charge in [-0.1, -0.05) is 96.5 Å². The highest BCUT2D eigenvalue weighted by Crippen LogP contribution is 2.13. The zero-order valence-corrected chi connectivity index (χ0v) is 16.8. The molecule has 0 rings (SSSR count). The minimum atomic E-state index is -0.246. The Balaban J connectivity index is 3.15. The molecule has 3 nitrogen and oxygen atoms in total.